The van der Waals surface area contributed by atoms with Crippen LogP contribution in [-0.2, 0) is 22.4 Å². The Morgan fingerprint density at radius 3 is 2.50 bits per heavy atom. The second-order valence-electron chi connectivity index (χ2n) is 7.67. The minimum atomic E-state index is -0.0320. The summed E-state index contributed by atoms with van der Waals surface area (Å²) in [6.07, 6.45) is 8.35. The lowest BCUT2D eigenvalue weighted by molar-refractivity contribution is -0.130. The molecule has 2 aromatic carbocycles. The van der Waals surface area contributed by atoms with Crippen LogP contribution >= 0.6 is 0 Å². The van der Waals surface area contributed by atoms with Crippen molar-refractivity contribution < 1.29 is 9.59 Å². The van der Waals surface area contributed by atoms with Gasteiger partial charge >= 0.3 is 0 Å². The molecule has 1 N–H and O–H groups in total. The summed E-state index contributed by atoms with van der Waals surface area (Å²) in [6.45, 7) is 1.25. The Balaban J connectivity index is 1.28. The van der Waals surface area contributed by atoms with Gasteiger partial charge in [-0.1, -0.05) is 36.4 Å². The summed E-state index contributed by atoms with van der Waals surface area (Å²) in [5.74, 6) is 0.0571. The molecule has 2 amide bonds. The predicted octanol–water partition coefficient (Wildman–Crippen LogP) is 4.07. The maximum Gasteiger partial charge on any atom is 0.246 e. The molecule has 0 spiro atoms. The fourth-order valence-corrected chi connectivity index (χ4v) is 4.09. The van der Waals surface area contributed by atoms with Crippen molar-refractivity contribution in [3.8, 4) is 0 Å². The Bertz CT molecular complexity index is 881. The molecule has 0 saturated carbocycles. The van der Waals surface area contributed by atoms with Crippen molar-refractivity contribution in [2.75, 3.05) is 18.4 Å². The van der Waals surface area contributed by atoms with Crippen LogP contribution in [0.5, 0.6) is 0 Å². The maximum atomic E-state index is 12.6. The van der Waals surface area contributed by atoms with Gasteiger partial charge in [-0.05, 0) is 67.0 Å². The average Bonchev–Trinajstić information content (AvgIpc) is 3.21. The zero-order valence-corrected chi connectivity index (χ0v) is 16.1. The summed E-state index contributed by atoms with van der Waals surface area (Å²) in [5, 5.41) is 3.08. The molecule has 0 unspecified atom stereocenters. The number of carbonyl (C=O) groups excluding carboxylic acids is 2. The molecule has 144 valence electrons. The highest BCUT2D eigenvalue weighted by atomic mass is 16.2. The summed E-state index contributed by atoms with van der Waals surface area (Å²) in [5.41, 5.74) is 4.69. The molecular formula is C24H26N2O2. The van der Waals surface area contributed by atoms with E-state index in [4.69, 9.17) is 0 Å². The number of hydrogen-bond donors (Lipinski definition) is 1. The van der Waals surface area contributed by atoms with E-state index >= 15 is 0 Å². The smallest absolute Gasteiger partial charge is 0.246 e. The van der Waals surface area contributed by atoms with Crippen molar-refractivity contribution in [3.05, 3.63) is 71.3 Å². The molecule has 0 radical (unpaired) electrons. The van der Waals surface area contributed by atoms with Crippen molar-refractivity contribution in [1.82, 2.24) is 4.90 Å². The van der Waals surface area contributed by atoms with Crippen molar-refractivity contribution in [2.24, 2.45) is 5.92 Å². The second kappa shape index (κ2) is 8.42. The van der Waals surface area contributed by atoms with Gasteiger partial charge in [0.2, 0.25) is 11.8 Å². The van der Waals surface area contributed by atoms with Gasteiger partial charge in [-0.2, -0.15) is 0 Å². The summed E-state index contributed by atoms with van der Waals surface area (Å²) < 4.78 is 0. The zero-order valence-electron chi connectivity index (χ0n) is 16.1. The van der Waals surface area contributed by atoms with E-state index in [9.17, 15) is 9.59 Å². The highest BCUT2D eigenvalue weighted by Gasteiger charge is 2.26. The van der Waals surface area contributed by atoms with Gasteiger partial charge in [0.25, 0.3) is 0 Å². The van der Waals surface area contributed by atoms with E-state index in [2.05, 4.69) is 17.4 Å². The van der Waals surface area contributed by atoms with Gasteiger partial charge < -0.3 is 10.2 Å². The van der Waals surface area contributed by atoms with Gasteiger partial charge in [-0.3, -0.25) is 9.59 Å². The van der Waals surface area contributed by atoms with E-state index in [0.29, 0.717) is 25.9 Å². The summed E-state index contributed by atoms with van der Waals surface area (Å²) in [7, 11) is 0. The largest absolute Gasteiger partial charge is 0.339 e. The Morgan fingerprint density at radius 1 is 0.964 bits per heavy atom. The lowest BCUT2D eigenvalue weighted by atomic mass is 9.95. The second-order valence-corrected chi connectivity index (χ2v) is 7.67. The first kappa shape index (κ1) is 18.5. The van der Waals surface area contributed by atoms with E-state index in [-0.39, 0.29) is 17.7 Å². The molecule has 28 heavy (non-hydrogen) atoms. The van der Waals surface area contributed by atoms with E-state index in [1.54, 1.807) is 6.08 Å². The summed E-state index contributed by atoms with van der Waals surface area (Å²) >= 11 is 0. The number of nitrogens with one attached hydrogen (secondary N) is 1. The van der Waals surface area contributed by atoms with E-state index in [0.717, 1.165) is 24.1 Å². The Kier molecular flexibility index (Phi) is 5.56. The van der Waals surface area contributed by atoms with E-state index in [1.807, 2.05) is 47.4 Å². The van der Waals surface area contributed by atoms with Gasteiger partial charge in [-0.15, -0.1) is 0 Å². The number of likely N-dealkylation sites (tertiary alicyclic amines) is 1. The normalized spacial score (nSPS) is 16.9. The molecule has 1 aliphatic heterocycles. The molecule has 0 aromatic heterocycles. The van der Waals surface area contributed by atoms with Crippen molar-refractivity contribution in [3.63, 3.8) is 0 Å². The number of amides is 2. The quantitative estimate of drug-likeness (QED) is 0.821. The molecule has 1 aliphatic carbocycles. The van der Waals surface area contributed by atoms with Crippen molar-refractivity contribution in [1.29, 1.82) is 0 Å². The lowest BCUT2D eigenvalue weighted by Crippen LogP contribution is -2.40. The molecule has 4 heteroatoms. The van der Waals surface area contributed by atoms with Gasteiger partial charge in [0.1, 0.15) is 0 Å². The molecular weight excluding hydrogens is 348 g/mol. The highest BCUT2D eigenvalue weighted by molar-refractivity contribution is 5.94. The Hall–Kier alpha value is -2.88. The van der Waals surface area contributed by atoms with E-state index < -0.39 is 0 Å². The standard InChI is InChI=1S/C24H26N2O2/c27-23(12-9-18-5-2-1-3-6-18)26-15-13-20(14-16-26)24(28)25-22-11-10-19-7-4-8-21(19)17-22/h1-3,5-6,9-12,17,20H,4,7-8,13-16H2,(H,25,28)/b12-9+. The van der Waals surface area contributed by atoms with Crippen LogP contribution in [-0.4, -0.2) is 29.8 Å². The first-order chi connectivity index (χ1) is 13.7. The van der Waals surface area contributed by atoms with Gasteiger partial charge in [-0.25, -0.2) is 0 Å². The molecule has 4 rings (SSSR count). The van der Waals surface area contributed by atoms with Crippen LogP contribution in [0.3, 0.4) is 0 Å². The SMILES string of the molecule is O=C(Nc1ccc2c(c1)CCC2)C1CCN(C(=O)/C=C/c2ccccc2)CC1. The number of anilines is 1. The number of aryl methyl sites for hydroxylation is 2. The number of benzene rings is 2. The number of nitrogens with zero attached hydrogens (tertiary/aromatic N) is 1. The van der Waals surface area contributed by atoms with Gasteiger partial charge in [0.15, 0.2) is 0 Å². The molecule has 0 bridgehead atoms. The topological polar surface area (TPSA) is 49.4 Å². The minimum absolute atomic E-state index is 0.0151. The van der Waals surface area contributed by atoms with Gasteiger partial charge in [0.05, 0.1) is 0 Å². The minimum Gasteiger partial charge on any atom is -0.339 e. The number of rotatable bonds is 4. The fraction of sp³-hybridized carbons (Fsp3) is 0.333. The van der Waals surface area contributed by atoms with Crippen LogP contribution in [0.1, 0.15) is 36.0 Å². The zero-order chi connectivity index (χ0) is 19.3. The summed E-state index contributed by atoms with van der Waals surface area (Å²) in [6, 6.07) is 16.1. The Morgan fingerprint density at radius 2 is 1.71 bits per heavy atom. The van der Waals surface area contributed by atoms with Crippen molar-refractivity contribution in [2.45, 2.75) is 32.1 Å². The molecule has 4 nitrogen and oxygen atoms in total. The van der Waals surface area contributed by atoms with Crippen LogP contribution in [0.2, 0.25) is 0 Å². The molecule has 0 atom stereocenters. The first-order valence-electron chi connectivity index (χ1n) is 10.1. The summed E-state index contributed by atoms with van der Waals surface area (Å²) in [4.78, 5) is 26.8. The van der Waals surface area contributed by atoms with Crippen LogP contribution in [0.4, 0.5) is 5.69 Å². The maximum absolute atomic E-state index is 12.6. The van der Waals surface area contributed by atoms with Crippen LogP contribution in [0, 0.1) is 5.92 Å². The average molecular weight is 374 g/mol. The van der Waals surface area contributed by atoms with Gasteiger partial charge in [0, 0.05) is 30.8 Å². The van der Waals surface area contributed by atoms with Crippen LogP contribution in [0.25, 0.3) is 6.08 Å². The van der Waals surface area contributed by atoms with Crippen LogP contribution in [0.15, 0.2) is 54.6 Å². The van der Waals surface area contributed by atoms with Crippen molar-refractivity contribution >= 4 is 23.6 Å². The third-order valence-electron chi connectivity index (χ3n) is 5.76. The van der Waals surface area contributed by atoms with E-state index in [1.165, 1.54) is 17.5 Å². The predicted molar refractivity (Wildman–Crippen MR) is 112 cm³/mol. The first-order valence-corrected chi connectivity index (χ1v) is 10.1. The van der Waals surface area contributed by atoms with Crippen LogP contribution < -0.4 is 5.32 Å². The molecule has 1 fully saturated rings. The number of hydrogen-bond acceptors (Lipinski definition) is 2. The molecule has 2 aromatic rings. The molecule has 1 heterocycles. The number of piperidine rings is 1. The number of carbonyl (C=O) groups is 2. The molecule has 2 aliphatic rings. The Labute approximate surface area is 166 Å². The monoisotopic (exact) mass is 374 g/mol. The fourth-order valence-electron chi connectivity index (χ4n) is 4.09. The number of fused-ring (bicyclic) bond motifs is 1. The molecule has 1 saturated heterocycles. The third kappa shape index (κ3) is 4.33. The highest BCUT2D eigenvalue weighted by Crippen LogP contribution is 2.26. The lowest BCUT2D eigenvalue weighted by Gasteiger charge is -2.30. The third-order valence-corrected chi connectivity index (χ3v) is 5.76.